The fraction of sp³-hybridized carbons (Fsp3) is 0.463. The van der Waals surface area contributed by atoms with Gasteiger partial charge in [0.15, 0.2) is 5.75 Å². The number of nitrogens with two attached hydrogens (primary N) is 1. The number of benzene rings is 3. The highest BCUT2D eigenvalue weighted by Crippen LogP contribution is 2.38. The van der Waals surface area contributed by atoms with Crippen molar-refractivity contribution in [3.05, 3.63) is 89.0 Å². The summed E-state index contributed by atoms with van der Waals surface area (Å²) < 4.78 is 22.3. The Bertz CT molecular complexity index is 1520. The molecule has 0 amide bonds. The van der Waals surface area contributed by atoms with Crippen LogP contribution in [0.15, 0.2) is 73.3 Å². The molecule has 51 heavy (non-hydrogen) atoms. The van der Waals surface area contributed by atoms with Gasteiger partial charge in [-0.2, -0.15) is 0 Å². The van der Waals surface area contributed by atoms with Crippen LogP contribution in [0.3, 0.4) is 0 Å². The zero-order valence-corrected chi connectivity index (χ0v) is 30.2. The summed E-state index contributed by atoms with van der Waals surface area (Å²) in [5.41, 5.74) is 7.95. The summed E-state index contributed by atoms with van der Waals surface area (Å²) in [4.78, 5) is 35.3. The Hall–Kier alpha value is -4.86. The monoisotopic (exact) mass is 702 g/mol. The highest BCUT2D eigenvalue weighted by atomic mass is 16.6. The number of nitrogens with zero attached hydrogens (tertiary/aromatic N) is 1. The summed E-state index contributed by atoms with van der Waals surface area (Å²) in [7, 11) is 0. The van der Waals surface area contributed by atoms with Crippen LogP contribution in [0.1, 0.15) is 114 Å². The lowest BCUT2D eigenvalue weighted by atomic mass is 10.0. The Morgan fingerprint density at radius 3 is 2.02 bits per heavy atom. The van der Waals surface area contributed by atoms with Crippen molar-refractivity contribution >= 4 is 23.3 Å². The fourth-order valence-electron chi connectivity index (χ4n) is 5.62. The number of unbranched alkanes of at least 4 members (excludes halogenated alkanes) is 11. The molecule has 276 valence electrons. The van der Waals surface area contributed by atoms with E-state index >= 15 is 0 Å². The number of nitro benzene ring substituents is 1. The van der Waals surface area contributed by atoms with Crippen LogP contribution in [0.4, 0.5) is 11.4 Å². The number of nitro groups is 1. The predicted molar refractivity (Wildman–Crippen MR) is 201 cm³/mol. The van der Waals surface area contributed by atoms with Crippen LogP contribution in [-0.2, 0) is 9.53 Å². The van der Waals surface area contributed by atoms with E-state index in [1.165, 1.54) is 43.9 Å². The second-order valence-electron chi connectivity index (χ2n) is 12.8. The van der Waals surface area contributed by atoms with Gasteiger partial charge < -0.3 is 24.7 Å². The van der Waals surface area contributed by atoms with Crippen LogP contribution in [0, 0.1) is 10.1 Å². The molecule has 3 aromatic rings. The Balaban J connectivity index is 1.39. The average Bonchev–Trinajstić information content (AvgIpc) is 3.12. The highest BCUT2D eigenvalue weighted by molar-refractivity contribution is 5.92. The molecule has 0 aliphatic rings. The number of nitrogen functional groups attached to an aromatic ring is 1. The lowest BCUT2D eigenvalue weighted by molar-refractivity contribution is -0.386. The third kappa shape index (κ3) is 14.9. The summed E-state index contributed by atoms with van der Waals surface area (Å²) in [6.45, 7) is 8.53. The van der Waals surface area contributed by atoms with Crippen LogP contribution in [0.2, 0.25) is 0 Å². The Morgan fingerprint density at radius 1 is 0.824 bits per heavy atom. The topological polar surface area (TPSA) is 140 Å². The van der Waals surface area contributed by atoms with Crippen molar-refractivity contribution in [2.75, 3.05) is 18.9 Å². The Morgan fingerprint density at radius 2 is 1.41 bits per heavy atom. The van der Waals surface area contributed by atoms with Gasteiger partial charge in [-0.3, -0.25) is 10.1 Å². The molecule has 0 spiro atoms. The highest BCUT2D eigenvalue weighted by Gasteiger charge is 2.21. The van der Waals surface area contributed by atoms with Gasteiger partial charge in [0.05, 0.1) is 29.8 Å². The second kappa shape index (κ2) is 22.8. The van der Waals surface area contributed by atoms with Crippen LogP contribution in [0.25, 0.3) is 11.1 Å². The number of hydrogen-bond acceptors (Lipinski definition) is 9. The van der Waals surface area contributed by atoms with Gasteiger partial charge in [-0.1, -0.05) is 89.8 Å². The van der Waals surface area contributed by atoms with E-state index in [9.17, 15) is 19.7 Å². The molecule has 0 bridgehead atoms. The second-order valence-corrected chi connectivity index (χ2v) is 12.8. The smallest absolute Gasteiger partial charge is 0.343 e. The minimum absolute atomic E-state index is 0.151. The molecular weight excluding hydrogens is 648 g/mol. The van der Waals surface area contributed by atoms with Crippen molar-refractivity contribution in [3.8, 4) is 28.4 Å². The van der Waals surface area contributed by atoms with Crippen LogP contribution < -0.4 is 19.9 Å². The number of esters is 2. The van der Waals surface area contributed by atoms with E-state index in [4.69, 9.17) is 24.7 Å². The number of hydrogen-bond donors (Lipinski definition) is 1. The third-order valence-electron chi connectivity index (χ3n) is 8.55. The molecule has 3 aromatic carbocycles. The Kier molecular flexibility index (Phi) is 18.1. The quantitative estimate of drug-likeness (QED) is 0.0174. The first-order valence-electron chi connectivity index (χ1n) is 18.3. The zero-order valence-electron chi connectivity index (χ0n) is 30.2. The molecule has 1 atom stereocenters. The van der Waals surface area contributed by atoms with Gasteiger partial charge in [0.2, 0.25) is 0 Å². The van der Waals surface area contributed by atoms with Gasteiger partial charge >= 0.3 is 17.6 Å². The van der Waals surface area contributed by atoms with E-state index in [1.54, 1.807) is 48.5 Å². The summed E-state index contributed by atoms with van der Waals surface area (Å²) in [6, 6.07) is 16.5. The van der Waals surface area contributed by atoms with Crippen molar-refractivity contribution in [1.29, 1.82) is 0 Å². The van der Waals surface area contributed by atoms with Gasteiger partial charge in [0.1, 0.15) is 11.5 Å². The number of rotatable bonds is 25. The van der Waals surface area contributed by atoms with E-state index in [-0.39, 0.29) is 23.5 Å². The van der Waals surface area contributed by atoms with E-state index in [1.807, 2.05) is 6.92 Å². The molecule has 0 aliphatic carbocycles. The third-order valence-corrected chi connectivity index (χ3v) is 8.55. The molecule has 0 saturated heterocycles. The summed E-state index contributed by atoms with van der Waals surface area (Å²) in [5.74, 6) is 0.371. The van der Waals surface area contributed by atoms with E-state index in [0.717, 1.165) is 64.2 Å². The SMILES string of the molecule is C=CC(=O)OCCCCCCCCCCCOc1ccc(OC(=O)c2ccc(-c3cc([N+](=O)[O-])c(OC(C)CCCCCC)cc3N)cc2)cc1. The molecule has 0 saturated carbocycles. The fourth-order valence-corrected chi connectivity index (χ4v) is 5.62. The maximum Gasteiger partial charge on any atom is 0.343 e. The number of anilines is 1. The molecule has 3 rings (SSSR count). The van der Waals surface area contributed by atoms with Crippen molar-refractivity contribution in [2.45, 2.75) is 110 Å². The Labute approximate surface area is 302 Å². The molecule has 1 unspecified atom stereocenters. The first-order chi connectivity index (χ1) is 24.7. The minimum atomic E-state index is -0.528. The number of carbonyl (C=O) groups excluding carboxylic acids is 2. The van der Waals surface area contributed by atoms with Gasteiger partial charge in [-0.15, -0.1) is 0 Å². The largest absolute Gasteiger partial charge is 0.494 e. The van der Waals surface area contributed by atoms with Gasteiger partial charge in [0, 0.05) is 29.5 Å². The lowest BCUT2D eigenvalue weighted by Crippen LogP contribution is -2.13. The van der Waals surface area contributed by atoms with Gasteiger partial charge in [-0.05, 0) is 74.6 Å². The van der Waals surface area contributed by atoms with Gasteiger partial charge in [-0.25, -0.2) is 9.59 Å². The first kappa shape index (κ1) is 40.6. The van der Waals surface area contributed by atoms with Crippen LogP contribution >= 0.6 is 0 Å². The van der Waals surface area contributed by atoms with Crippen molar-refractivity contribution in [2.24, 2.45) is 0 Å². The summed E-state index contributed by atoms with van der Waals surface area (Å²) >= 11 is 0. The maximum absolute atomic E-state index is 12.8. The molecule has 0 aromatic heterocycles. The molecule has 2 N–H and O–H groups in total. The van der Waals surface area contributed by atoms with E-state index in [0.29, 0.717) is 47.1 Å². The normalized spacial score (nSPS) is 11.4. The molecule has 0 heterocycles. The molecular formula is C41H54N2O8. The minimum Gasteiger partial charge on any atom is -0.494 e. The van der Waals surface area contributed by atoms with Gasteiger partial charge in [0.25, 0.3) is 0 Å². The standard InChI is InChI=1S/C41H54N2O8/c1-4-6-7-15-18-31(3)50-39-30-37(42)36(29-38(39)43(46)47)32-19-21-33(22-20-32)41(45)51-35-25-23-34(24-26-35)48-27-16-13-11-9-8-10-12-14-17-28-49-40(44)5-2/h5,19-26,29-31H,2,4,6-18,27-28,42H2,1,3H3. The maximum atomic E-state index is 12.8. The summed E-state index contributed by atoms with van der Waals surface area (Å²) in [5, 5.41) is 11.9. The van der Waals surface area contributed by atoms with E-state index in [2.05, 4.69) is 13.5 Å². The van der Waals surface area contributed by atoms with Crippen molar-refractivity contribution < 1.29 is 33.5 Å². The molecule has 0 fully saturated rings. The van der Waals surface area contributed by atoms with Crippen LogP contribution in [-0.4, -0.2) is 36.2 Å². The zero-order chi connectivity index (χ0) is 36.8. The number of carbonyl (C=O) groups is 2. The molecule has 0 aliphatic heterocycles. The number of ether oxygens (including phenoxy) is 4. The first-order valence-corrected chi connectivity index (χ1v) is 18.3. The van der Waals surface area contributed by atoms with E-state index < -0.39 is 10.9 Å². The molecule has 10 heteroatoms. The summed E-state index contributed by atoms with van der Waals surface area (Å²) in [6.07, 6.45) is 16.2. The van der Waals surface area contributed by atoms with Crippen molar-refractivity contribution in [1.82, 2.24) is 0 Å². The molecule has 0 radical (unpaired) electrons. The molecule has 10 nitrogen and oxygen atoms in total. The average molecular weight is 703 g/mol. The van der Waals surface area contributed by atoms with Crippen LogP contribution in [0.5, 0.6) is 17.2 Å². The lowest BCUT2D eigenvalue weighted by Gasteiger charge is -2.16. The predicted octanol–water partition coefficient (Wildman–Crippen LogP) is 10.4. The van der Waals surface area contributed by atoms with Crippen molar-refractivity contribution in [3.63, 3.8) is 0 Å².